The number of aryl methyl sites for hydroxylation is 1. The molecule has 1 aliphatic heterocycles. The Kier molecular flexibility index (Phi) is 7.07. The third-order valence-corrected chi connectivity index (χ3v) is 6.11. The Hall–Kier alpha value is -3.31. The molecule has 4 rings (SSSR count). The zero-order valence-electron chi connectivity index (χ0n) is 18.9. The summed E-state index contributed by atoms with van der Waals surface area (Å²) in [6.45, 7) is 8.30. The molecule has 0 radical (unpaired) electrons. The molecule has 5 nitrogen and oxygen atoms in total. The van der Waals surface area contributed by atoms with Crippen LogP contribution in [0.5, 0.6) is 5.75 Å². The van der Waals surface area contributed by atoms with Crippen LogP contribution in [0.25, 0.3) is 0 Å². The van der Waals surface area contributed by atoms with Crippen molar-refractivity contribution in [3.05, 3.63) is 90.0 Å². The molecule has 1 amide bonds. The summed E-state index contributed by atoms with van der Waals surface area (Å²) >= 11 is 0. The van der Waals surface area contributed by atoms with Gasteiger partial charge in [-0.25, -0.2) is 0 Å². The average molecular weight is 431 g/mol. The molecule has 1 heterocycles. The fraction of sp³-hybridized carbons (Fsp3) is 0.296. The van der Waals surface area contributed by atoms with Crippen LogP contribution in [-0.4, -0.2) is 38.7 Å². The quantitative estimate of drug-likeness (QED) is 0.603. The van der Waals surface area contributed by atoms with Gasteiger partial charge in [0.25, 0.3) is 5.91 Å². The molecule has 166 valence electrons. The van der Waals surface area contributed by atoms with Crippen molar-refractivity contribution in [3.8, 4) is 5.75 Å². The minimum absolute atomic E-state index is 0.00250. The zero-order valence-corrected chi connectivity index (χ0v) is 18.9. The molecule has 0 bridgehead atoms. The number of hydrogen-bond donors (Lipinski definition) is 2. The van der Waals surface area contributed by atoms with E-state index in [1.54, 1.807) is 0 Å². The lowest BCUT2D eigenvalue weighted by Gasteiger charge is -2.37. The molecule has 1 saturated heterocycles. The van der Waals surface area contributed by atoms with E-state index in [1.807, 2.05) is 49.4 Å². The molecular weight excluding hydrogens is 398 g/mol. The number of piperazine rings is 1. The maximum absolute atomic E-state index is 13.6. The molecule has 0 saturated carbocycles. The van der Waals surface area contributed by atoms with E-state index in [0.29, 0.717) is 12.4 Å². The summed E-state index contributed by atoms with van der Waals surface area (Å²) in [4.78, 5) is 17.3. The van der Waals surface area contributed by atoms with Crippen molar-refractivity contribution in [1.29, 1.82) is 0 Å². The first kappa shape index (κ1) is 21.9. The second-order valence-corrected chi connectivity index (χ2v) is 8.19. The molecule has 32 heavy (non-hydrogen) atoms. The lowest BCUT2D eigenvalue weighted by molar-refractivity contribution is -0.922. The highest BCUT2D eigenvalue weighted by Crippen LogP contribution is 2.25. The first-order valence-corrected chi connectivity index (χ1v) is 11.4. The van der Waals surface area contributed by atoms with Gasteiger partial charge < -0.3 is 19.9 Å². The largest absolute Gasteiger partial charge is 0.492 e. The molecule has 0 unspecified atom stereocenters. The third kappa shape index (κ3) is 4.94. The Morgan fingerprint density at radius 3 is 2.34 bits per heavy atom. The minimum Gasteiger partial charge on any atom is -0.492 e. The summed E-state index contributed by atoms with van der Waals surface area (Å²) in [6, 6.07) is 26.0. The Bertz CT molecular complexity index is 1030. The Labute approximate surface area is 190 Å². The molecule has 2 N–H and O–H groups in total. The number of nitrogens with one attached hydrogen (secondary N) is 2. The topological polar surface area (TPSA) is 46.0 Å². The van der Waals surface area contributed by atoms with Gasteiger partial charge in [-0.05, 0) is 37.6 Å². The summed E-state index contributed by atoms with van der Waals surface area (Å²) in [5.74, 6) is 0.706. The molecule has 0 aromatic heterocycles. The molecule has 5 heteroatoms. The van der Waals surface area contributed by atoms with Crippen LogP contribution in [0.4, 0.5) is 11.4 Å². The molecule has 1 atom stereocenters. The Morgan fingerprint density at radius 2 is 1.62 bits per heavy atom. The predicted molar refractivity (Wildman–Crippen MR) is 130 cm³/mol. The van der Waals surface area contributed by atoms with E-state index in [4.69, 9.17) is 4.74 Å². The van der Waals surface area contributed by atoms with E-state index < -0.39 is 0 Å². The van der Waals surface area contributed by atoms with Crippen molar-refractivity contribution in [2.24, 2.45) is 0 Å². The Morgan fingerprint density at radius 1 is 0.969 bits per heavy atom. The number of benzene rings is 3. The SMILES string of the molecule is CCOc1ccccc1NC(=O)[C@@H](c1ccccc1)[NH+]1CCN(c2ccccc2C)CC1. The maximum Gasteiger partial charge on any atom is 0.287 e. The van der Waals surface area contributed by atoms with Gasteiger partial charge in [-0.15, -0.1) is 0 Å². The first-order valence-electron chi connectivity index (χ1n) is 11.4. The van der Waals surface area contributed by atoms with Crippen molar-refractivity contribution in [3.63, 3.8) is 0 Å². The number of ether oxygens (including phenoxy) is 1. The van der Waals surface area contributed by atoms with Crippen molar-refractivity contribution >= 4 is 17.3 Å². The van der Waals surface area contributed by atoms with E-state index in [-0.39, 0.29) is 11.9 Å². The number of carbonyl (C=O) groups is 1. The van der Waals surface area contributed by atoms with E-state index in [1.165, 1.54) is 16.2 Å². The van der Waals surface area contributed by atoms with Gasteiger partial charge in [-0.3, -0.25) is 4.79 Å². The molecule has 3 aromatic carbocycles. The number of hydrogen-bond acceptors (Lipinski definition) is 3. The fourth-order valence-corrected chi connectivity index (χ4v) is 4.52. The van der Waals surface area contributed by atoms with Gasteiger partial charge in [-0.2, -0.15) is 0 Å². The van der Waals surface area contributed by atoms with Gasteiger partial charge in [0.15, 0.2) is 6.04 Å². The fourth-order valence-electron chi connectivity index (χ4n) is 4.52. The van der Waals surface area contributed by atoms with Crippen LogP contribution in [-0.2, 0) is 4.79 Å². The van der Waals surface area contributed by atoms with Crippen LogP contribution >= 0.6 is 0 Å². The normalized spacial score (nSPS) is 15.2. The van der Waals surface area contributed by atoms with Gasteiger partial charge in [0.1, 0.15) is 5.75 Å². The van der Waals surface area contributed by atoms with E-state index in [9.17, 15) is 4.79 Å². The minimum atomic E-state index is -0.273. The van der Waals surface area contributed by atoms with Crippen LogP contribution in [0.3, 0.4) is 0 Å². The van der Waals surface area contributed by atoms with E-state index >= 15 is 0 Å². The zero-order chi connectivity index (χ0) is 22.3. The van der Waals surface area contributed by atoms with Gasteiger partial charge in [-0.1, -0.05) is 60.7 Å². The van der Waals surface area contributed by atoms with Crippen LogP contribution < -0.4 is 19.9 Å². The highest BCUT2D eigenvalue weighted by atomic mass is 16.5. The molecule has 1 aliphatic rings. The van der Waals surface area contributed by atoms with Gasteiger partial charge in [0.2, 0.25) is 0 Å². The van der Waals surface area contributed by atoms with Crippen molar-refractivity contribution in [2.45, 2.75) is 19.9 Å². The monoisotopic (exact) mass is 430 g/mol. The second-order valence-electron chi connectivity index (χ2n) is 8.19. The van der Waals surface area contributed by atoms with Crippen LogP contribution in [0.2, 0.25) is 0 Å². The summed E-state index contributed by atoms with van der Waals surface area (Å²) in [5.41, 5.74) is 4.34. The molecule has 1 fully saturated rings. The van der Waals surface area contributed by atoms with Gasteiger partial charge in [0.05, 0.1) is 38.5 Å². The lowest BCUT2D eigenvalue weighted by atomic mass is 10.0. The number of rotatable bonds is 7. The highest BCUT2D eigenvalue weighted by Gasteiger charge is 2.34. The van der Waals surface area contributed by atoms with Crippen molar-refractivity contribution in [1.82, 2.24) is 0 Å². The van der Waals surface area contributed by atoms with Crippen LogP contribution in [0.15, 0.2) is 78.9 Å². The van der Waals surface area contributed by atoms with Crippen LogP contribution in [0, 0.1) is 6.92 Å². The number of quaternary nitrogens is 1. The second kappa shape index (κ2) is 10.3. The highest BCUT2D eigenvalue weighted by molar-refractivity contribution is 5.95. The lowest BCUT2D eigenvalue weighted by Crippen LogP contribution is -3.16. The summed E-state index contributed by atoms with van der Waals surface area (Å²) < 4.78 is 5.71. The van der Waals surface area contributed by atoms with Gasteiger partial charge >= 0.3 is 0 Å². The van der Waals surface area contributed by atoms with Crippen LogP contribution in [0.1, 0.15) is 24.1 Å². The average Bonchev–Trinajstić information content (AvgIpc) is 2.82. The van der Waals surface area contributed by atoms with E-state index in [2.05, 4.69) is 53.5 Å². The van der Waals surface area contributed by atoms with Crippen molar-refractivity contribution < 1.29 is 14.4 Å². The molecule has 0 spiro atoms. The van der Waals surface area contributed by atoms with Crippen molar-refractivity contribution in [2.75, 3.05) is 43.0 Å². The number of carbonyl (C=O) groups excluding carboxylic acids is 1. The standard InChI is InChI=1S/C27H31N3O2/c1-3-32-25-16-10-8-14-23(25)28-27(31)26(22-12-5-4-6-13-22)30-19-17-29(18-20-30)24-15-9-7-11-21(24)2/h4-16,26H,3,17-20H2,1-2H3,(H,28,31)/p+1/t26-/m1/s1. The summed E-state index contributed by atoms with van der Waals surface area (Å²) in [6.07, 6.45) is 0. The third-order valence-electron chi connectivity index (χ3n) is 6.11. The maximum atomic E-state index is 13.6. The number of anilines is 2. The first-order chi connectivity index (χ1) is 15.7. The van der Waals surface area contributed by atoms with Gasteiger partial charge in [0, 0.05) is 11.3 Å². The molecular formula is C27H32N3O2+. The number of amides is 1. The number of para-hydroxylation sites is 3. The smallest absolute Gasteiger partial charge is 0.287 e. The molecule has 3 aromatic rings. The number of nitrogens with zero attached hydrogens (tertiary/aromatic N) is 1. The predicted octanol–water partition coefficient (Wildman–Crippen LogP) is 3.48. The van der Waals surface area contributed by atoms with E-state index in [0.717, 1.165) is 37.4 Å². The Balaban J connectivity index is 1.53. The summed E-state index contributed by atoms with van der Waals surface area (Å²) in [5, 5.41) is 3.14. The summed E-state index contributed by atoms with van der Waals surface area (Å²) in [7, 11) is 0. The molecule has 0 aliphatic carbocycles.